The van der Waals surface area contributed by atoms with E-state index < -0.39 is 10.0 Å². The molecule has 0 atom stereocenters. The molecule has 0 amide bonds. The lowest BCUT2D eigenvalue weighted by Crippen LogP contribution is -2.34. The minimum absolute atomic E-state index is 0.0961. The zero-order valence-corrected chi connectivity index (χ0v) is 14.0. The molecule has 6 heteroatoms. The number of hydrogen-bond acceptors (Lipinski definition) is 3. The van der Waals surface area contributed by atoms with Crippen LogP contribution in [0.5, 0.6) is 0 Å². The van der Waals surface area contributed by atoms with Crippen molar-refractivity contribution < 1.29 is 13.5 Å². The van der Waals surface area contributed by atoms with Gasteiger partial charge in [0.05, 0.1) is 11.5 Å². The Morgan fingerprint density at radius 3 is 2.60 bits per heavy atom. The van der Waals surface area contributed by atoms with Gasteiger partial charge in [0.1, 0.15) is 0 Å². The van der Waals surface area contributed by atoms with Gasteiger partial charge in [0.25, 0.3) is 0 Å². The summed E-state index contributed by atoms with van der Waals surface area (Å²) in [6, 6.07) is 5.06. The van der Waals surface area contributed by atoms with E-state index in [2.05, 4.69) is 22.9 Å². The highest BCUT2D eigenvalue weighted by molar-refractivity contribution is 9.10. The molecule has 0 unspecified atom stereocenters. The van der Waals surface area contributed by atoms with Crippen LogP contribution < -0.4 is 0 Å². The van der Waals surface area contributed by atoms with Gasteiger partial charge in [-0.05, 0) is 52.9 Å². The second kappa shape index (κ2) is 6.56. The summed E-state index contributed by atoms with van der Waals surface area (Å²) in [5, 5.41) is 9.10. The Hall–Kier alpha value is -0.430. The molecule has 1 fully saturated rings. The van der Waals surface area contributed by atoms with Crippen LogP contribution in [0.4, 0.5) is 0 Å². The van der Waals surface area contributed by atoms with E-state index in [1.54, 1.807) is 22.5 Å². The molecule has 0 heterocycles. The van der Waals surface area contributed by atoms with Crippen molar-refractivity contribution in [3.8, 4) is 0 Å². The average Bonchev–Trinajstić information content (AvgIpc) is 3.23. The fourth-order valence-electron chi connectivity index (χ4n) is 2.15. The lowest BCUT2D eigenvalue weighted by atomic mass is 10.2. The van der Waals surface area contributed by atoms with E-state index in [1.165, 1.54) is 0 Å². The topological polar surface area (TPSA) is 57.6 Å². The molecule has 20 heavy (non-hydrogen) atoms. The van der Waals surface area contributed by atoms with Crippen LogP contribution in [0.15, 0.2) is 27.6 Å². The first kappa shape index (κ1) is 15.9. The smallest absolute Gasteiger partial charge is 0.244 e. The summed E-state index contributed by atoms with van der Waals surface area (Å²) >= 11 is 3.31. The van der Waals surface area contributed by atoms with E-state index in [4.69, 9.17) is 5.11 Å². The molecule has 0 aliphatic heterocycles. The van der Waals surface area contributed by atoms with Gasteiger partial charge in [-0.15, -0.1) is 0 Å². The minimum atomic E-state index is -3.46. The Morgan fingerprint density at radius 1 is 1.40 bits per heavy atom. The molecule has 1 aromatic carbocycles. The monoisotopic (exact) mass is 361 g/mol. The number of sulfonamides is 1. The number of benzene rings is 1. The van der Waals surface area contributed by atoms with Gasteiger partial charge in [-0.1, -0.05) is 19.4 Å². The van der Waals surface area contributed by atoms with Crippen molar-refractivity contribution in [2.24, 2.45) is 0 Å². The summed E-state index contributed by atoms with van der Waals surface area (Å²) in [5.41, 5.74) is 0.697. The van der Waals surface area contributed by atoms with Crippen LogP contribution >= 0.6 is 15.9 Å². The maximum absolute atomic E-state index is 12.8. The van der Waals surface area contributed by atoms with E-state index in [0.717, 1.165) is 25.7 Å². The Bertz CT molecular complexity index is 570. The Labute approximate surface area is 129 Å². The van der Waals surface area contributed by atoms with Crippen molar-refractivity contribution in [3.05, 3.63) is 28.2 Å². The van der Waals surface area contributed by atoms with Crippen molar-refractivity contribution >= 4 is 26.0 Å². The van der Waals surface area contributed by atoms with Crippen LogP contribution in [0.1, 0.15) is 38.2 Å². The predicted octanol–water partition coefficient (Wildman–Crippen LogP) is 2.89. The molecule has 1 aromatic rings. The molecular formula is C14H20BrNO3S. The maximum atomic E-state index is 12.8. The van der Waals surface area contributed by atoms with Crippen molar-refractivity contribution in [2.45, 2.75) is 50.2 Å². The highest BCUT2D eigenvalue weighted by atomic mass is 79.9. The van der Waals surface area contributed by atoms with Gasteiger partial charge < -0.3 is 5.11 Å². The Morgan fingerprint density at radius 2 is 2.10 bits per heavy atom. The number of nitrogens with zero attached hydrogens (tertiary/aromatic N) is 1. The third kappa shape index (κ3) is 3.42. The van der Waals surface area contributed by atoms with Crippen LogP contribution in [0, 0.1) is 0 Å². The maximum Gasteiger partial charge on any atom is 0.244 e. The fourth-order valence-corrected chi connectivity index (χ4v) is 4.96. The van der Waals surface area contributed by atoms with E-state index in [1.807, 2.05) is 0 Å². The molecular weight excluding hydrogens is 342 g/mol. The summed E-state index contributed by atoms with van der Waals surface area (Å²) in [6.45, 7) is 2.54. The lowest BCUT2D eigenvalue weighted by molar-refractivity contribution is 0.281. The molecule has 0 saturated heterocycles. The number of unbranched alkanes of at least 4 members (excludes halogenated alkanes) is 1. The molecule has 0 spiro atoms. The first-order valence-corrected chi connectivity index (χ1v) is 9.15. The Kier molecular flexibility index (Phi) is 5.23. The van der Waals surface area contributed by atoms with Crippen LogP contribution in [-0.2, 0) is 16.6 Å². The first-order chi connectivity index (χ1) is 9.50. The summed E-state index contributed by atoms with van der Waals surface area (Å²) < 4.78 is 27.7. The predicted molar refractivity (Wildman–Crippen MR) is 81.9 cm³/mol. The summed E-state index contributed by atoms with van der Waals surface area (Å²) in [7, 11) is -3.46. The molecule has 4 nitrogen and oxygen atoms in total. The third-order valence-corrected chi connectivity index (χ3v) is 6.38. The zero-order chi connectivity index (χ0) is 14.8. The second-order valence-corrected chi connectivity index (χ2v) is 7.84. The normalized spacial score (nSPS) is 15.8. The number of hydrogen-bond donors (Lipinski definition) is 1. The van der Waals surface area contributed by atoms with Crippen molar-refractivity contribution in [3.63, 3.8) is 0 Å². The summed E-state index contributed by atoms with van der Waals surface area (Å²) in [5.74, 6) is 0. The van der Waals surface area contributed by atoms with Crippen LogP contribution in [0.25, 0.3) is 0 Å². The fraction of sp³-hybridized carbons (Fsp3) is 0.571. The van der Waals surface area contributed by atoms with Crippen molar-refractivity contribution in [1.82, 2.24) is 4.31 Å². The minimum Gasteiger partial charge on any atom is -0.392 e. The Balaban J connectivity index is 2.32. The standard InChI is InChI=1S/C14H20BrNO3S/c1-2-3-8-16(12-5-6-12)20(18,19)14-7-4-11(10-17)9-13(14)15/h4,7,9,12,17H,2-3,5-6,8,10H2,1H3. The SMILES string of the molecule is CCCCN(C1CC1)S(=O)(=O)c1ccc(CO)cc1Br. The molecule has 112 valence electrons. The molecule has 0 bridgehead atoms. The number of aliphatic hydroxyl groups excluding tert-OH is 1. The van der Waals surface area contributed by atoms with Gasteiger partial charge in [0, 0.05) is 17.1 Å². The molecule has 1 aliphatic rings. The molecule has 0 radical (unpaired) electrons. The van der Waals surface area contributed by atoms with Crippen molar-refractivity contribution in [2.75, 3.05) is 6.54 Å². The van der Waals surface area contributed by atoms with Crippen LogP contribution in [0.2, 0.25) is 0 Å². The molecule has 1 saturated carbocycles. The number of halogens is 1. The van der Waals surface area contributed by atoms with E-state index >= 15 is 0 Å². The van der Waals surface area contributed by atoms with Gasteiger partial charge in [-0.2, -0.15) is 4.31 Å². The van der Waals surface area contributed by atoms with Gasteiger partial charge >= 0.3 is 0 Å². The number of aliphatic hydroxyl groups is 1. The largest absolute Gasteiger partial charge is 0.392 e. The average molecular weight is 362 g/mol. The lowest BCUT2D eigenvalue weighted by Gasteiger charge is -2.22. The molecule has 0 aromatic heterocycles. The number of rotatable bonds is 7. The summed E-state index contributed by atoms with van der Waals surface area (Å²) in [6.07, 6.45) is 3.76. The van der Waals surface area contributed by atoms with Gasteiger partial charge in [-0.3, -0.25) is 0 Å². The molecule has 1 aliphatic carbocycles. The van der Waals surface area contributed by atoms with Crippen molar-refractivity contribution in [1.29, 1.82) is 0 Å². The highest BCUT2D eigenvalue weighted by Crippen LogP contribution is 2.34. The zero-order valence-electron chi connectivity index (χ0n) is 11.5. The van der Waals surface area contributed by atoms with Gasteiger partial charge in [0.15, 0.2) is 0 Å². The van der Waals surface area contributed by atoms with E-state index in [-0.39, 0.29) is 17.5 Å². The third-order valence-electron chi connectivity index (χ3n) is 3.45. The van der Waals surface area contributed by atoms with E-state index in [9.17, 15) is 8.42 Å². The summed E-state index contributed by atoms with van der Waals surface area (Å²) in [4.78, 5) is 0.290. The second-order valence-electron chi connectivity index (χ2n) is 5.12. The van der Waals surface area contributed by atoms with E-state index in [0.29, 0.717) is 16.6 Å². The van der Waals surface area contributed by atoms with Crippen LogP contribution in [0.3, 0.4) is 0 Å². The molecule has 2 rings (SSSR count). The van der Waals surface area contributed by atoms with Gasteiger partial charge in [-0.25, -0.2) is 8.42 Å². The highest BCUT2D eigenvalue weighted by Gasteiger charge is 2.38. The molecule has 1 N–H and O–H groups in total. The van der Waals surface area contributed by atoms with Gasteiger partial charge in [0.2, 0.25) is 10.0 Å². The quantitative estimate of drug-likeness (QED) is 0.812. The van der Waals surface area contributed by atoms with Crippen LogP contribution in [-0.4, -0.2) is 30.4 Å². The first-order valence-electron chi connectivity index (χ1n) is 6.91.